The van der Waals surface area contributed by atoms with Crippen LogP contribution in [0.5, 0.6) is 0 Å². The van der Waals surface area contributed by atoms with Gasteiger partial charge in [-0.15, -0.1) is 4.99 Å². The van der Waals surface area contributed by atoms with E-state index in [9.17, 15) is 4.79 Å². The van der Waals surface area contributed by atoms with Gasteiger partial charge in [0.05, 0.1) is 6.26 Å². The minimum absolute atomic E-state index is 0.297. The molecule has 0 aliphatic rings. The summed E-state index contributed by atoms with van der Waals surface area (Å²) in [4.78, 5) is 13.6. The zero-order valence-electron chi connectivity index (χ0n) is 7.31. The molecule has 14 heavy (non-hydrogen) atoms. The summed E-state index contributed by atoms with van der Waals surface area (Å²) < 4.78 is 5.03. The van der Waals surface area contributed by atoms with Crippen molar-refractivity contribution in [1.29, 1.82) is 0 Å². The molecule has 1 aromatic carbocycles. The minimum atomic E-state index is 0.297. The van der Waals surface area contributed by atoms with Gasteiger partial charge in [-0.2, -0.15) is 0 Å². The first-order valence-electron chi connectivity index (χ1n) is 4.12. The molecule has 0 saturated carbocycles. The fraction of sp³-hybridized carbons (Fsp3) is 0. The normalized spacial score (nSPS) is 9.43. The molecule has 3 nitrogen and oxygen atoms in total. The predicted molar refractivity (Wildman–Crippen MR) is 51.9 cm³/mol. The molecule has 0 radical (unpaired) electrons. The van der Waals surface area contributed by atoms with Crippen LogP contribution in [0.3, 0.4) is 0 Å². The van der Waals surface area contributed by atoms with Crippen LogP contribution in [0.2, 0.25) is 0 Å². The average molecular weight is 185 g/mol. The zero-order chi connectivity index (χ0) is 9.80. The van der Waals surface area contributed by atoms with Gasteiger partial charge in [-0.3, -0.25) is 0 Å². The first-order chi connectivity index (χ1) is 6.92. The summed E-state index contributed by atoms with van der Waals surface area (Å²) in [5.74, 6) is 0.297. The summed E-state index contributed by atoms with van der Waals surface area (Å²) in [5, 5.41) is 0. The Morgan fingerprint density at radius 1 is 1.14 bits per heavy atom. The summed E-state index contributed by atoms with van der Waals surface area (Å²) in [6, 6.07) is 11.4. The summed E-state index contributed by atoms with van der Waals surface area (Å²) >= 11 is 0. The SMILES string of the molecule is O=C=Nc1occc1-c1ccccc1. The Morgan fingerprint density at radius 2 is 1.93 bits per heavy atom. The predicted octanol–water partition coefficient (Wildman–Crippen LogP) is 2.91. The van der Waals surface area contributed by atoms with Crippen LogP contribution >= 0.6 is 0 Å². The number of hydrogen-bond acceptors (Lipinski definition) is 3. The van der Waals surface area contributed by atoms with Gasteiger partial charge in [-0.1, -0.05) is 30.3 Å². The van der Waals surface area contributed by atoms with E-state index in [1.807, 2.05) is 30.3 Å². The van der Waals surface area contributed by atoms with E-state index < -0.39 is 0 Å². The number of rotatable bonds is 2. The van der Waals surface area contributed by atoms with Crippen LogP contribution in [-0.4, -0.2) is 6.08 Å². The maximum atomic E-state index is 10.1. The number of aliphatic imine (C=N–C) groups is 1. The van der Waals surface area contributed by atoms with E-state index in [0.29, 0.717) is 5.88 Å². The maximum absolute atomic E-state index is 10.1. The molecule has 0 amide bonds. The van der Waals surface area contributed by atoms with Gasteiger partial charge in [-0.05, 0) is 11.6 Å². The molecule has 1 aromatic heterocycles. The Balaban J connectivity index is 2.52. The highest BCUT2D eigenvalue weighted by Crippen LogP contribution is 2.30. The Labute approximate surface area is 80.7 Å². The number of benzene rings is 1. The van der Waals surface area contributed by atoms with Crippen molar-refractivity contribution in [2.45, 2.75) is 0 Å². The van der Waals surface area contributed by atoms with Crippen LogP contribution in [0, 0.1) is 0 Å². The molecular formula is C11H7NO2. The Bertz CT molecular complexity index is 467. The van der Waals surface area contributed by atoms with Crippen molar-refractivity contribution in [2.75, 3.05) is 0 Å². The lowest BCUT2D eigenvalue weighted by molar-refractivity contribution is 0.555. The topological polar surface area (TPSA) is 42.6 Å². The molecule has 0 aliphatic carbocycles. The molecule has 0 atom stereocenters. The van der Waals surface area contributed by atoms with Crippen LogP contribution in [0.4, 0.5) is 5.88 Å². The molecule has 3 heteroatoms. The largest absolute Gasteiger partial charge is 0.446 e. The molecule has 0 unspecified atom stereocenters. The number of isocyanates is 1. The van der Waals surface area contributed by atoms with Gasteiger partial charge in [-0.25, -0.2) is 4.79 Å². The number of nitrogens with zero attached hydrogens (tertiary/aromatic N) is 1. The smallest absolute Gasteiger partial charge is 0.243 e. The molecule has 2 aromatic rings. The second-order valence-electron chi connectivity index (χ2n) is 2.71. The van der Waals surface area contributed by atoms with E-state index in [2.05, 4.69) is 4.99 Å². The zero-order valence-corrected chi connectivity index (χ0v) is 7.31. The fourth-order valence-electron chi connectivity index (χ4n) is 1.27. The molecule has 0 bridgehead atoms. The Hall–Kier alpha value is -2.12. The molecule has 0 N–H and O–H groups in total. The number of furan rings is 1. The third-order valence-corrected chi connectivity index (χ3v) is 1.88. The highest BCUT2D eigenvalue weighted by Gasteiger charge is 2.06. The highest BCUT2D eigenvalue weighted by molar-refractivity contribution is 5.73. The van der Waals surface area contributed by atoms with E-state index in [1.165, 1.54) is 12.3 Å². The summed E-state index contributed by atoms with van der Waals surface area (Å²) in [7, 11) is 0. The van der Waals surface area contributed by atoms with Crippen LogP contribution in [0.25, 0.3) is 11.1 Å². The van der Waals surface area contributed by atoms with Crippen molar-refractivity contribution in [3.05, 3.63) is 42.7 Å². The summed E-state index contributed by atoms with van der Waals surface area (Å²) in [6.07, 6.45) is 2.96. The van der Waals surface area contributed by atoms with Crippen LogP contribution in [0.15, 0.2) is 52.1 Å². The van der Waals surface area contributed by atoms with Crippen molar-refractivity contribution in [3.8, 4) is 11.1 Å². The number of carbonyl (C=O) groups excluding carboxylic acids is 1. The Kier molecular flexibility index (Phi) is 2.26. The van der Waals surface area contributed by atoms with Gasteiger partial charge in [0.25, 0.3) is 0 Å². The fourth-order valence-corrected chi connectivity index (χ4v) is 1.27. The molecule has 2 rings (SSSR count). The molecule has 0 fully saturated rings. The average Bonchev–Trinajstić information content (AvgIpc) is 2.68. The molecule has 0 saturated heterocycles. The van der Waals surface area contributed by atoms with Gasteiger partial charge < -0.3 is 4.42 Å². The second kappa shape index (κ2) is 3.73. The van der Waals surface area contributed by atoms with E-state index in [1.54, 1.807) is 6.07 Å². The maximum Gasteiger partial charge on any atom is 0.243 e. The lowest BCUT2D eigenvalue weighted by atomic mass is 10.1. The first-order valence-corrected chi connectivity index (χ1v) is 4.12. The third kappa shape index (κ3) is 1.49. The lowest BCUT2D eigenvalue weighted by Gasteiger charge is -1.95. The highest BCUT2D eigenvalue weighted by atomic mass is 16.3. The van der Waals surface area contributed by atoms with Crippen molar-refractivity contribution in [3.63, 3.8) is 0 Å². The minimum Gasteiger partial charge on any atom is -0.446 e. The number of hydrogen-bond donors (Lipinski definition) is 0. The van der Waals surface area contributed by atoms with E-state index in [0.717, 1.165) is 11.1 Å². The molecule has 0 aliphatic heterocycles. The summed E-state index contributed by atoms with van der Waals surface area (Å²) in [6.45, 7) is 0. The van der Waals surface area contributed by atoms with Crippen LogP contribution < -0.4 is 0 Å². The quantitative estimate of drug-likeness (QED) is 0.533. The standard InChI is InChI=1S/C11H7NO2/c13-8-12-11-10(6-7-14-11)9-4-2-1-3-5-9/h1-7H. The van der Waals surface area contributed by atoms with Crippen molar-refractivity contribution < 1.29 is 9.21 Å². The van der Waals surface area contributed by atoms with Crippen molar-refractivity contribution in [1.82, 2.24) is 0 Å². The molecule has 1 heterocycles. The van der Waals surface area contributed by atoms with Crippen LogP contribution in [-0.2, 0) is 4.79 Å². The first kappa shape index (κ1) is 8.48. The lowest BCUT2D eigenvalue weighted by Crippen LogP contribution is -1.72. The molecule has 68 valence electrons. The monoisotopic (exact) mass is 185 g/mol. The van der Waals surface area contributed by atoms with Crippen molar-refractivity contribution >= 4 is 12.0 Å². The van der Waals surface area contributed by atoms with Gasteiger partial charge in [0, 0.05) is 5.56 Å². The van der Waals surface area contributed by atoms with Gasteiger partial charge in [0.15, 0.2) is 0 Å². The van der Waals surface area contributed by atoms with Crippen molar-refractivity contribution in [2.24, 2.45) is 4.99 Å². The van der Waals surface area contributed by atoms with E-state index in [4.69, 9.17) is 4.42 Å². The molecular weight excluding hydrogens is 178 g/mol. The summed E-state index contributed by atoms with van der Waals surface area (Å²) in [5.41, 5.74) is 1.77. The van der Waals surface area contributed by atoms with Gasteiger partial charge in [0.2, 0.25) is 12.0 Å². The third-order valence-electron chi connectivity index (χ3n) is 1.88. The molecule has 0 spiro atoms. The van der Waals surface area contributed by atoms with E-state index >= 15 is 0 Å². The van der Waals surface area contributed by atoms with Crippen LogP contribution in [0.1, 0.15) is 0 Å². The Morgan fingerprint density at radius 3 is 2.64 bits per heavy atom. The van der Waals surface area contributed by atoms with Gasteiger partial charge >= 0.3 is 0 Å². The van der Waals surface area contributed by atoms with Gasteiger partial charge in [0.1, 0.15) is 0 Å². The van der Waals surface area contributed by atoms with E-state index in [-0.39, 0.29) is 0 Å². The second-order valence-corrected chi connectivity index (χ2v) is 2.71.